The monoisotopic (exact) mass is 489 g/mol. The molecule has 35 heavy (non-hydrogen) atoms. The number of hydrogen-bond donors (Lipinski definition) is 1. The van der Waals surface area contributed by atoms with Gasteiger partial charge in [0.05, 0.1) is 31.4 Å². The first kappa shape index (κ1) is 25.9. The first-order valence-electron chi connectivity index (χ1n) is 11.6. The molecule has 0 aliphatic carbocycles. The summed E-state index contributed by atoms with van der Waals surface area (Å²) in [5, 5.41) is 11.9. The van der Waals surface area contributed by atoms with Crippen molar-refractivity contribution in [1.29, 1.82) is 0 Å². The third-order valence-electron chi connectivity index (χ3n) is 5.23. The maximum atomic E-state index is 12.4. The van der Waals surface area contributed by atoms with Crippen molar-refractivity contribution in [3.05, 3.63) is 34.0 Å². The van der Waals surface area contributed by atoms with Gasteiger partial charge in [0.2, 0.25) is 11.6 Å². The van der Waals surface area contributed by atoms with Crippen molar-refractivity contribution in [2.75, 3.05) is 61.6 Å². The summed E-state index contributed by atoms with van der Waals surface area (Å²) in [6.07, 6.45) is 3.30. The number of nitrogens with two attached hydrogens (primary N) is 1. The van der Waals surface area contributed by atoms with Crippen molar-refractivity contribution in [3.63, 3.8) is 0 Å². The Morgan fingerprint density at radius 3 is 2.77 bits per heavy atom. The van der Waals surface area contributed by atoms with Gasteiger partial charge in [-0.3, -0.25) is 14.9 Å². The number of ether oxygens (including phenoxy) is 3. The Morgan fingerprint density at radius 1 is 1.31 bits per heavy atom. The molecule has 0 atom stereocenters. The predicted molar refractivity (Wildman–Crippen MR) is 128 cm³/mol. The van der Waals surface area contributed by atoms with E-state index in [2.05, 4.69) is 19.9 Å². The molecule has 1 aliphatic rings. The molecule has 0 spiro atoms. The Hall–Kier alpha value is -3.74. The molecule has 0 amide bonds. The Kier molecular flexibility index (Phi) is 9.35. The number of hydrogen-bond acceptors (Lipinski definition) is 12. The Balaban J connectivity index is 1.97. The van der Waals surface area contributed by atoms with Crippen LogP contribution in [0.1, 0.15) is 32.3 Å². The highest BCUT2D eigenvalue weighted by molar-refractivity contribution is 5.78. The van der Waals surface area contributed by atoms with Crippen molar-refractivity contribution < 1.29 is 23.9 Å². The van der Waals surface area contributed by atoms with Crippen LogP contribution < -0.4 is 20.3 Å². The second kappa shape index (κ2) is 12.6. The van der Waals surface area contributed by atoms with Crippen LogP contribution in [0.3, 0.4) is 0 Å². The molecule has 1 aliphatic heterocycles. The van der Waals surface area contributed by atoms with Crippen LogP contribution in [0.5, 0.6) is 6.01 Å². The number of morpholine rings is 1. The van der Waals surface area contributed by atoms with Gasteiger partial charge < -0.3 is 29.7 Å². The SMILES string of the molecule is CCCCOc1nc(N)c([N+](=O)[O-])c(N(CC(=O)OCC)Cc2ccnc(N3CCOCC3)c2)n1. The lowest BCUT2D eigenvalue weighted by Gasteiger charge is -2.28. The molecule has 0 unspecified atom stereocenters. The van der Waals surface area contributed by atoms with Crippen LogP contribution in [0.15, 0.2) is 18.3 Å². The second-order valence-corrected chi connectivity index (χ2v) is 7.81. The average Bonchev–Trinajstić information content (AvgIpc) is 2.84. The summed E-state index contributed by atoms with van der Waals surface area (Å²) in [4.78, 5) is 39.8. The number of carbonyl (C=O) groups is 1. The maximum absolute atomic E-state index is 12.4. The van der Waals surface area contributed by atoms with Crippen molar-refractivity contribution in [1.82, 2.24) is 15.0 Å². The number of unbranched alkanes of at least 4 members (excludes halogenated alkanes) is 1. The summed E-state index contributed by atoms with van der Waals surface area (Å²) in [7, 11) is 0. The van der Waals surface area contributed by atoms with E-state index in [1.54, 1.807) is 19.2 Å². The summed E-state index contributed by atoms with van der Waals surface area (Å²) in [6.45, 7) is 6.64. The molecule has 1 saturated heterocycles. The molecule has 3 rings (SSSR count). The number of esters is 1. The van der Waals surface area contributed by atoms with Crippen LogP contribution in [0.25, 0.3) is 0 Å². The van der Waals surface area contributed by atoms with Gasteiger partial charge in [0.15, 0.2) is 0 Å². The zero-order chi connectivity index (χ0) is 25.2. The smallest absolute Gasteiger partial charge is 0.353 e. The Morgan fingerprint density at radius 2 is 2.09 bits per heavy atom. The summed E-state index contributed by atoms with van der Waals surface area (Å²) in [6, 6.07) is 3.56. The summed E-state index contributed by atoms with van der Waals surface area (Å²) < 4.78 is 16.1. The lowest BCUT2D eigenvalue weighted by molar-refractivity contribution is -0.383. The number of pyridine rings is 1. The molecule has 13 heteroatoms. The van der Waals surface area contributed by atoms with Crippen LogP contribution in [0, 0.1) is 10.1 Å². The van der Waals surface area contributed by atoms with E-state index in [1.807, 2.05) is 13.0 Å². The number of nitro groups is 1. The van der Waals surface area contributed by atoms with Crippen LogP contribution in [0.4, 0.5) is 23.1 Å². The molecule has 2 N–H and O–H groups in total. The van der Waals surface area contributed by atoms with Crippen molar-refractivity contribution in [3.8, 4) is 6.01 Å². The van der Waals surface area contributed by atoms with Gasteiger partial charge >= 0.3 is 17.7 Å². The Bertz CT molecular complexity index is 1020. The highest BCUT2D eigenvalue weighted by Crippen LogP contribution is 2.34. The van der Waals surface area contributed by atoms with Crippen LogP contribution in [0.2, 0.25) is 0 Å². The molecule has 0 saturated carbocycles. The topological polar surface area (TPSA) is 159 Å². The average molecular weight is 490 g/mol. The first-order valence-corrected chi connectivity index (χ1v) is 11.6. The van der Waals surface area contributed by atoms with Crippen molar-refractivity contribution in [2.45, 2.75) is 33.2 Å². The zero-order valence-electron chi connectivity index (χ0n) is 20.0. The van der Waals surface area contributed by atoms with Gasteiger partial charge in [-0.1, -0.05) is 13.3 Å². The fourth-order valence-electron chi connectivity index (χ4n) is 3.52. The van der Waals surface area contributed by atoms with Crippen molar-refractivity contribution in [2.24, 2.45) is 0 Å². The van der Waals surface area contributed by atoms with E-state index >= 15 is 0 Å². The molecule has 0 bridgehead atoms. The van der Waals surface area contributed by atoms with Crippen LogP contribution >= 0.6 is 0 Å². The van der Waals surface area contributed by atoms with Crippen LogP contribution in [-0.4, -0.2) is 71.9 Å². The highest BCUT2D eigenvalue weighted by Gasteiger charge is 2.30. The minimum absolute atomic E-state index is 0.0888. The largest absolute Gasteiger partial charge is 0.465 e. The van der Waals surface area contributed by atoms with E-state index < -0.39 is 16.6 Å². The van der Waals surface area contributed by atoms with Gasteiger partial charge in [-0.25, -0.2) is 4.98 Å². The Labute approximate surface area is 203 Å². The quantitative estimate of drug-likeness (QED) is 0.200. The van der Waals surface area contributed by atoms with Gasteiger partial charge in [-0.05, 0) is 31.0 Å². The predicted octanol–water partition coefficient (Wildman–Crippen LogP) is 1.95. The van der Waals surface area contributed by atoms with Gasteiger partial charge in [0.25, 0.3) is 0 Å². The molecule has 2 aromatic rings. The summed E-state index contributed by atoms with van der Waals surface area (Å²) in [5.74, 6) is -0.270. The van der Waals surface area contributed by atoms with E-state index in [4.69, 9.17) is 19.9 Å². The molecule has 1 fully saturated rings. The fourth-order valence-corrected chi connectivity index (χ4v) is 3.52. The van der Waals surface area contributed by atoms with E-state index in [0.29, 0.717) is 32.9 Å². The van der Waals surface area contributed by atoms with Crippen molar-refractivity contribution >= 4 is 29.1 Å². The third-order valence-corrected chi connectivity index (χ3v) is 5.23. The number of nitrogen functional groups attached to an aromatic ring is 1. The number of nitrogens with zero attached hydrogens (tertiary/aromatic N) is 6. The molecule has 3 heterocycles. The van der Waals surface area contributed by atoms with Gasteiger partial charge in [-0.2, -0.15) is 9.97 Å². The molecular formula is C22H31N7O6. The van der Waals surface area contributed by atoms with Gasteiger partial charge in [0, 0.05) is 25.8 Å². The fraction of sp³-hybridized carbons (Fsp3) is 0.545. The molecule has 0 aromatic carbocycles. The highest BCUT2D eigenvalue weighted by atomic mass is 16.6. The lowest BCUT2D eigenvalue weighted by Crippen LogP contribution is -2.37. The van der Waals surface area contributed by atoms with E-state index in [1.165, 1.54) is 4.90 Å². The number of carbonyl (C=O) groups excluding carboxylic acids is 1. The molecule has 13 nitrogen and oxygen atoms in total. The van der Waals surface area contributed by atoms with Gasteiger partial charge in [0.1, 0.15) is 12.4 Å². The van der Waals surface area contributed by atoms with Crippen LogP contribution in [-0.2, 0) is 20.8 Å². The minimum atomic E-state index is -0.662. The first-order chi connectivity index (χ1) is 16.9. The second-order valence-electron chi connectivity index (χ2n) is 7.81. The number of aromatic nitrogens is 3. The number of rotatable bonds is 12. The molecule has 190 valence electrons. The van der Waals surface area contributed by atoms with E-state index in [-0.39, 0.29) is 37.3 Å². The number of anilines is 3. The standard InChI is InChI=1S/C22H31N7O6/c1-3-5-10-35-22-25-20(23)19(29(31)32)21(26-22)28(15-18(30)34-4-2)14-16-6-7-24-17(13-16)27-8-11-33-12-9-27/h6-7,13H,3-5,8-12,14-15H2,1-2H3,(H2,23,25,26). The molecule has 0 radical (unpaired) electrons. The van der Waals surface area contributed by atoms with E-state index in [0.717, 1.165) is 24.2 Å². The lowest BCUT2D eigenvalue weighted by atomic mass is 10.2. The molecule has 2 aromatic heterocycles. The normalized spacial score (nSPS) is 13.4. The zero-order valence-corrected chi connectivity index (χ0v) is 20.0. The maximum Gasteiger partial charge on any atom is 0.353 e. The summed E-state index contributed by atoms with van der Waals surface area (Å²) >= 11 is 0. The molecular weight excluding hydrogens is 458 g/mol. The summed E-state index contributed by atoms with van der Waals surface area (Å²) in [5.41, 5.74) is 6.19. The minimum Gasteiger partial charge on any atom is -0.465 e. The third kappa shape index (κ3) is 7.12. The van der Waals surface area contributed by atoms with E-state index in [9.17, 15) is 14.9 Å². The van der Waals surface area contributed by atoms with Gasteiger partial charge in [-0.15, -0.1) is 0 Å².